The first-order valence-corrected chi connectivity index (χ1v) is 10.5. The lowest BCUT2D eigenvalue weighted by molar-refractivity contribution is -0.385. The van der Waals surface area contributed by atoms with Gasteiger partial charge in [-0.15, -0.1) is 0 Å². The summed E-state index contributed by atoms with van der Waals surface area (Å²) in [7, 11) is 0. The fourth-order valence-electron chi connectivity index (χ4n) is 2.49. The fourth-order valence-corrected chi connectivity index (χ4v) is 5.46. The van der Waals surface area contributed by atoms with E-state index >= 15 is 0 Å². The van der Waals surface area contributed by atoms with Gasteiger partial charge in [0.2, 0.25) is 0 Å². The summed E-state index contributed by atoms with van der Waals surface area (Å²) in [6.07, 6.45) is 0. The van der Waals surface area contributed by atoms with E-state index < -0.39 is 19.3 Å². The molecule has 0 aliphatic carbocycles. The van der Waals surface area contributed by atoms with E-state index in [2.05, 4.69) is 0 Å². The predicted octanol–water partition coefficient (Wildman–Crippen LogP) is 7.29. The van der Waals surface area contributed by atoms with E-state index in [1.54, 1.807) is 12.1 Å². The molecule has 0 aromatic heterocycles. The number of hydrogen-bond acceptors (Lipinski definition) is 7. The molecular weight excluding hydrogens is 459 g/mol. The summed E-state index contributed by atoms with van der Waals surface area (Å²) < 4.78 is 4.61. The van der Waals surface area contributed by atoms with Crippen molar-refractivity contribution in [3.05, 3.63) is 77.8 Å². The van der Waals surface area contributed by atoms with E-state index in [9.17, 15) is 20.2 Å². The Kier molecular flexibility index (Phi) is 7.45. The molecule has 0 saturated carbocycles. The lowest BCUT2D eigenvalue weighted by Crippen LogP contribution is -2.16. The van der Waals surface area contributed by atoms with Crippen LogP contribution >= 0.6 is 47.3 Å². The van der Waals surface area contributed by atoms with E-state index in [-0.39, 0.29) is 21.4 Å². The molecule has 0 radical (unpaired) electrons. The molecule has 0 spiro atoms. The molecule has 0 unspecified atom stereocenters. The largest absolute Gasteiger partial charge is 0.270 e. The number of benzene rings is 2. The molecule has 0 N–H and O–H groups in total. The molecule has 0 atom stereocenters. The van der Waals surface area contributed by atoms with Gasteiger partial charge in [-0.3, -0.25) is 20.2 Å². The quantitative estimate of drug-likeness (QED) is 0.224. The van der Waals surface area contributed by atoms with Gasteiger partial charge in [0.25, 0.3) is 11.4 Å². The van der Waals surface area contributed by atoms with Crippen molar-refractivity contribution in [1.29, 1.82) is 0 Å². The van der Waals surface area contributed by atoms with Gasteiger partial charge in [0.15, 0.2) is 0 Å². The minimum Gasteiger partial charge on any atom is -0.258 e. The summed E-state index contributed by atoms with van der Waals surface area (Å²) in [5.74, 6) is 0. The third kappa shape index (κ3) is 5.76. The summed E-state index contributed by atoms with van der Waals surface area (Å²) in [4.78, 5) is 20.8. The van der Waals surface area contributed by atoms with Crippen LogP contribution in [0.1, 0.15) is 38.8 Å². The van der Waals surface area contributed by atoms with E-state index in [1.807, 2.05) is 27.7 Å². The predicted molar refractivity (Wildman–Crippen MR) is 119 cm³/mol. The van der Waals surface area contributed by atoms with Crippen molar-refractivity contribution in [3.63, 3.8) is 0 Å². The highest BCUT2D eigenvalue weighted by Crippen LogP contribution is 2.48. The van der Waals surface area contributed by atoms with Crippen LogP contribution in [-0.4, -0.2) is 9.85 Å². The van der Waals surface area contributed by atoms with Crippen LogP contribution in [-0.2, 0) is 13.1 Å². The minimum atomic E-state index is -0.589. The molecule has 2 aromatic carbocycles. The Labute approximate surface area is 186 Å². The molecule has 0 aliphatic heterocycles. The number of hydrogen-bond donors (Lipinski definition) is 0. The summed E-state index contributed by atoms with van der Waals surface area (Å²) in [5, 5.41) is 22.3. The van der Waals surface area contributed by atoms with E-state index in [1.165, 1.54) is 24.3 Å². The van der Waals surface area contributed by atoms with Gasteiger partial charge in [0, 0.05) is 48.4 Å². The van der Waals surface area contributed by atoms with Crippen LogP contribution in [0.2, 0.25) is 10.0 Å². The smallest absolute Gasteiger partial charge is 0.258 e. The zero-order valence-electron chi connectivity index (χ0n) is 16.0. The second-order valence-electron chi connectivity index (χ2n) is 7.10. The van der Waals surface area contributed by atoms with Crippen LogP contribution in [0.25, 0.3) is 0 Å². The molecule has 0 bridgehead atoms. The minimum absolute atomic E-state index is 0.0798. The molecule has 7 nitrogen and oxygen atoms in total. The standard InChI is InChI=1S/C18H18Cl2N2O5S2/c1-17(2,13-7-5-11(21(23)24)9-15(13)19)28-27-29-18(3,4)14-8-6-12(22(25)26)10-16(14)20/h5-10H,1-4H3. The van der Waals surface area contributed by atoms with Gasteiger partial charge in [0.05, 0.1) is 29.4 Å². The first-order valence-electron chi connectivity index (χ1n) is 8.27. The van der Waals surface area contributed by atoms with Crippen molar-refractivity contribution in [2.45, 2.75) is 37.2 Å². The number of nitrogens with zero attached hydrogens (tertiary/aromatic N) is 2. The third-order valence-corrected chi connectivity index (χ3v) is 6.55. The molecule has 11 heteroatoms. The van der Waals surface area contributed by atoms with Gasteiger partial charge in [-0.05, 0) is 51.0 Å². The van der Waals surface area contributed by atoms with Crippen molar-refractivity contribution in [2.75, 3.05) is 0 Å². The van der Waals surface area contributed by atoms with Gasteiger partial charge in [0.1, 0.15) is 0 Å². The molecule has 156 valence electrons. The van der Waals surface area contributed by atoms with Gasteiger partial charge >= 0.3 is 0 Å². The molecule has 0 saturated heterocycles. The monoisotopic (exact) mass is 476 g/mol. The highest BCUT2D eigenvalue weighted by atomic mass is 35.5. The van der Waals surface area contributed by atoms with Crippen molar-refractivity contribution in [2.24, 2.45) is 0 Å². The molecule has 0 heterocycles. The maximum Gasteiger partial charge on any atom is 0.270 e. The first kappa shape index (κ1) is 23.8. The topological polar surface area (TPSA) is 95.5 Å². The van der Waals surface area contributed by atoms with Crippen molar-refractivity contribution >= 4 is 58.7 Å². The lowest BCUT2D eigenvalue weighted by Gasteiger charge is -2.28. The van der Waals surface area contributed by atoms with Crippen LogP contribution in [0.4, 0.5) is 11.4 Å². The molecule has 0 amide bonds. The van der Waals surface area contributed by atoms with Crippen molar-refractivity contribution < 1.29 is 13.5 Å². The average Bonchev–Trinajstić information content (AvgIpc) is 2.60. The molecule has 0 aliphatic rings. The summed E-state index contributed by atoms with van der Waals surface area (Å²) in [5.41, 5.74) is 1.23. The Morgan fingerprint density at radius 2 is 1.14 bits per heavy atom. The Hall–Kier alpha value is -1.52. The second kappa shape index (κ2) is 9.09. The highest BCUT2D eigenvalue weighted by molar-refractivity contribution is 8.08. The van der Waals surface area contributed by atoms with Crippen LogP contribution in [0, 0.1) is 20.2 Å². The normalized spacial score (nSPS) is 12.1. The van der Waals surface area contributed by atoms with Crippen LogP contribution < -0.4 is 0 Å². The number of halogens is 2. The Morgan fingerprint density at radius 3 is 1.41 bits per heavy atom. The van der Waals surface area contributed by atoms with Crippen LogP contribution in [0.3, 0.4) is 0 Å². The number of rotatable bonds is 8. The van der Waals surface area contributed by atoms with Gasteiger partial charge in [-0.2, -0.15) is 0 Å². The lowest BCUT2D eigenvalue weighted by atomic mass is 10.0. The average molecular weight is 477 g/mol. The molecule has 29 heavy (non-hydrogen) atoms. The summed E-state index contributed by atoms with van der Waals surface area (Å²) in [6.45, 7) is 7.54. The van der Waals surface area contributed by atoms with Gasteiger partial charge < -0.3 is 0 Å². The first-order chi connectivity index (χ1) is 13.3. The molecule has 0 fully saturated rings. The summed E-state index contributed by atoms with van der Waals surface area (Å²) in [6, 6.07) is 8.65. The maximum absolute atomic E-state index is 10.9. The second-order valence-corrected chi connectivity index (χ2v) is 10.8. The SMILES string of the molecule is CC(C)(SOSC(C)(C)c1ccc([N+](=O)[O-])cc1Cl)c1ccc([N+](=O)[O-])cc1Cl. The number of nitro benzene ring substituents is 2. The van der Waals surface area contributed by atoms with Crippen LogP contribution in [0.5, 0.6) is 0 Å². The fraction of sp³-hybridized carbons (Fsp3) is 0.333. The Morgan fingerprint density at radius 1 is 0.793 bits per heavy atom. The van der Waals surface area contributed by atoms with Crippen molar-refractivity contribution in [3.8, 4) is 0 Å². The van der Waals surface area contributed by atoms with Crippen LogP contribution in [0.15, 0.2) is 36.4 Å². The highest BCUT2D eigenvalue weighted by Gasteiger charge is 2.31. The third-order valence-electron chi connectivity index (χ3n) is 4.11. The maximum atomic E-state index is 10.9. The Balaban J connectivity index is 2.11. The van der Waals surface area contributed by atoms with E-state index in [0.29, 0.717) is 11.1 Å². The number of non-ortho nitro benzene ring substituents is 2. The van der Waals surface area contributed by atoms with Gasteiger partial charge in [-0.1, -0.05) is 23.2 Å². The Bertz CT molecular complexity index is 878. The van der Waals surface area contributed by atoms with Crippen molar-refractivity contribution in [1.82, 2.24) is 0 Å². The van der Waals surface area contributed by atoms with Gasteiger partial charge in [-0.25, -0.2) is 3.63 Å². The number of nitro groups is 2. The molecule has 2 aromatic rings. The van der Waals surface area contributed by atoms with E-state index in [4.69, 9.17) is 26.8 Å². The van der Waals surface area contributed by atoms with E-state index in [0.717, 1.165) is 24.1 Å². The molecule has 2 rings (SSSR count). The summed E-state index contributed by atoms with van der Waals surface area (Å²) >= 11 is 14.8. The zero-order valence-corrected chi connectivity index (χ0v) is 19.1. The molecular formula is C18H18Cl2N2O5S2. The zero-order chi connectivity index (χ0) is 22.0.